The van der Waals surface area contributed by atoms with E-state index in [1.807, 2.05) is 74.5 Å². The van der Waals surface area contributed by atoms with E-state index in [2.05, 4.69) is 5.32 Å². The van der Waals surface area contributed by atoms with Crippen molar-refractivity contribution in [3.05, 3.63) is 77.9 Å². The van der Waals surface area contributed by atoms with E-state index in [9.17, 15) is 14.4 Å². The maximum Gasteiger partial charge on any atom is 0.259 e. The maximum atomic E-state index is 13.6. The van der Waals surface area contributed by atoms with Crippen LogP contribution in [0.3, 0.4) is 0 Å². The Labute approximate surface area is 200 Å². The Kier molecular flexibility index (Phi) is 6.96. The smallest absolute Gasteiger partial charge is 0.259 e. The molecular formula is C28H31N3O3. The van der Waals surface area contributed by atoms with Gasteiger partial charge in [-0.2, -0.15) is 0 Å². The van der Waals surface area contributed by atoms with E-state index in [4.69, 9.17) is 0 Å². The molecule has 1 heterocycles. The fraction of sp³-hybridized carbons (Fsp3) is 0.321. The summed E-state index contributed by atoms with van der Waals surface area (Å²) in [6.45, 7) is 6.63. The molecule has 3 aromatic rings. The summed E-state index contributed by atoms with van der Waals surface area (Å²) >= 11 is 0. The van der Waals surface area contributed by atoms with Gasteiger partial charge in [0.15, 0.2) is 0 Å². The average Bonchev–Trinajstić information content (AvgIpc) is 3.11. The number of amides is 3. The molecule has 0 radical (unpaired) electrons. The predicted octanol–water partition coefficient (Wildman–Crippen LogP) is 4.03. The molecule has 1 aliphatic rings. The molecule has 0 bridgehead atoms. The fourth-order valence-corrected chi connectivity index (χ4v) is 4.38. The monoisotopic (exact) mass is 457 g/mol. The summed E-state index contributed by atoms with van der Waals surface area (Å²) in [6.07, 6.45) is 0.623. The Morgan fingerprint density at radius 3 is 2.35 bits per heavy atom. The molecule has 1 N–H and O–H groups in total. The molecule has 0 spiro atoms. The number of hydrogen-bond acceptors (Lipinski definition) is 3. The minimum Gasteiger partial charge on any atom is -0.354 e. The molecule has 3 amide bonds. The van der Waals surface area contributed by atoms with Crippen molar-refractivity contribution < 1.29 is 14.4 Å². The van der Waals surface area contributed by atoms with Crippen molar-refractivity contribution in [2.45, 2.75) is 33.2 Å². The fourth-order valence-electron chi connectivity index (χ4n) is 4.38. The van der Waals surface area contributed by atoms with Crippen molar-refractivity contribution in [3.8, 4) is 0 Å². The van der Waals surface area contributed by atoms with Gasteiger partial charge in [0.1, 0.15) is 12.6 Å². The van der Waals surface area contributed by atoms with Gasteiger partial charge in [0.2, 0.25) is 11.8 Å². The first-order valence-electron chi connectivity index (χ1n) is 11.8. The third-order valence-electron chi connectivity index (χ3n) is 6.28. The Hall–Kier alpha value is -3.67. The van der Waals surface area contributed by atoms with E-state index in [-0.39, 0.29) is 24.3 Å². The molecule has 4 rings (SSSR count). The normalized spacial score (nSPS) is 13.4. The minimum atomic E-state index is -0.647. The number of carbonyl (C=O) groups is 3. The summed E-state index contributed by atoms with van der Waals surface area (Å²) in [5.41, 5.74) is 2.44. The van der Waals surface area contributed by atoms with Gasteiger partial charge in [-0.05, 0) is 42.3 Å². The summed E-state index contributed by atoms with van der Waals surface area (Å²) in [5, 5.41) is 4.78. The Balaban J connectivity index is 1.56. The number of benzene rings is 3. The van der Waals surface area contributed by atoms with Gasteiger partial charge in [-0.3, -0.25) is 19.3 Å². The van der Waals surface area contributed by atoms with Crippen LogP contribution in [0.2, 0.25) is 0 Å². The van der Waals surface area contributed by atoms with E-state index in [0.717, 1.165) is 22.0 Å². The topological polar surface area (TPSA) is 69.7 Å². The second-order valence-corrected chi connectivity index (χ2v) is 9.21. The van der Waals surface area contributed by atoms with Crippen LogP contribution in [0, 0.1) is 5.92 Å². The number of hydrogen-bond donors (Lipinski definition) is 1. The molecule has 3 aromatic carbocycles. The second-order valence-electron chi connectivity index (χ2n) is 9.21. The highest BCUT2D eigenvalue weighted by Gasteiger charge is 2.34. The van der Waals surface area contributed by atoms with Gasteiger partial charge in [0, 0.05) is 24.0 Å². The molecule has 34 heavy (non-hydrogen) atoms. The van der Waals surface area contributed by atoms with Gasteiger partial charge in [0.25, 0.3) is 5.91 Å². The van der Waals surface area contributed by atoms with E-state index < -0.39 is 6.04 Å². The molecule has 176 valence electrons. The Morgan fingerprint density at radius 2 is 1.65 bits per heavy atom. The first-order chi connectivity index (χ1) is 16.4. The predicted molar refractivity (Wildman–Crippen MR) is 135 cm³/mol. The number of nitrogens with zero attached hydrogens (tertiary/aromatic N) is 2. The summed E-state index contributed by atoms with van der Waals surface area (Å²) in [6, 6.07) is 20.6. The third-order valence-corrected chi connectivity index (χ3v) is 6.28. The number of anilines is 1. The van der Waals surface area contributed by atoms with Crippen LogP contribution in [0.4, 0.5) is 5.69 Å². The van der Waals surface area contributed by atoms with Crippen molar-refractivity contribution in [2.24, 2.45) is 5.92 Å². The first kappa shape index (κ1) is 23.5. The molecule has 0 unspecified atom stereocenters. The molecule has 0 saturated carbocycles. The second kappa shape index (κ2) is 10.1. The summed E-state index contributed by atoms with van der Waals surface area (Å²) < 4.78 is 0. The van der Waals surface area contributed by atoms with Crippen LogP contribution in [-0.4, -0.2) is 48.3 Å². The van der Waals surface area contributed by atoms with Crippen LogP contribution in [-0.2, 0) is 16.0 Å². The molecule has 1 atom stereocenters. The van der Waals surface area contributed by atoms with Crippen LogP contribution in [0.1, 0.15) is 36.7 Å². The van der Waals surface area contributed by atoms with Crippen molar-refractivity contribution in [1.29, 1.82) is 0 Å². The van der Waals surface area contributed by atoms with E-state index in [1.54, 1.807) is 17.9 Å². The van der Waals surface area contributed by atoms with Crippen molar-refractivity contribution in [2.75, 3.05) is 24.5 Å². The lowest BCUT2D eigenvalue weighted by Crippen LogP contribution is -2.52. The zero-order valence-electron chi connectivity index (χ0n) is 20.0. The molecule has 0 saturated heterocycles. The lowest BCUT2D eigenvalue weighted by molar-refractivity contribution is -0.138. The first-order valence-corrected chi connectivity index (χ1v) is 11.8. The van der Waals surface area contributed by atoms with Crippen LogP contribution in [0.15, 0.2) is 66.7 Å². The average molecular weight is 458 g/mol. The van der Waals surface area contributed by atoms with Crippen LogP contribution in [0.5, 0.6) is 0 Å². The van der Waals surface area contributed by atoms with Gasteiger partial charge in [0.05, 0.1) is 5.69 Å². The summed E-state index contributed by atoms with van der Waals surface area (Å²) in [5.74, 6) is -0.305. The summed E-state index contributed by atoms with van der Waals surface area (Å²) in [7, 11) is 0. The van der Waals surface area contributed by atoms with E-state index in [0.29, 0.717) is 31.0 Å². The van der Waals surface area contributed by atoms with Gasteiger partial charge in [-0.1, -0.05) is 68.4 Å². The quantitative estimate of drug-likeness (QED) is 0.527. The third kappa shape index (κ3) is 4.81. The molecule has 0 aromatic heterocycles. The molecule has 0 fully saturated rings. The Bertz CT molecular complexity index is 1200. The molecule has 1 aliphatic heterocycles. The van der Waals surface area contributed by atoms with Crippen molar-refractivity contribution >= 4 is 34.2 Å². The van der Waals surface area contributed by atoms with Gasteiger partial charge in [-0.15, -0.1) is 0 Å². The van der Waals surface area contributed by atoms with E-state index in [1.165, 1.54) is 4.90 Å². The van der Waals surface area contributed by atoms with Crippen LogP contribution in [0.25, 0.3) is 10.8 Å². The van der Waals surface area contributed by atoms with Crippen molar-refractivity contribution in [1.82, 2.24) is 10.2 Å². The zero-order chi connectivity index (χ0) is 24.2. The number of rotatable bonds is 9. The lowest BCUT2D eigenvalue weighted by Gasteiger charge is -2.30. The molecule has 0 aliphatic carbocycles. The lowest BCUT2D eigenvalue weighted by atomic mass is 10.1. The largest absolute Gasteiger partial charge is 0.354 e. The van der Waals surface area contributed by atoms with Gasteiger partial charge < -0.3 is 10.2 Å². The van der Waals surface area contributed by atoms with Crippen LogP contribution < -0.4 is 10.2 Å². The van der Waals surface area contributed by atoms with Gasteiger partial charge >= 0.3 is 0 Å². The highest BCUT2D eigenvalue weighted by atomic mass is 16.2. The molecular weight excluding hydrogens is 426 g/mol. The number of carbonyl (C=O) groups excluding carboxylic acids is 3. The number of nitrogens with one attached hydrogen (secondary N) is 1. The van der Waals surface area contributed by atoms with Crippen LogP contribution >= 0.6 is 0 Å². The van der Waals surface area contributed by atoms with Crippen molar-refractivity contribution in [3.63, 3.8) is 0 Å². The highest BCUT2D eigenvalue weighted by molar-refractivity contribution is 6.26. The SMILES string of the molecule is CC(C)CNC(=O)[C@H](C)N(CCc1ccccc1)C(=O)CN1C(=O)c2cccc3cccc1c23. The standard InChI is InChI=1S/C28H31N3O3/c1-19(2)17-29-27(33)20(3)30(16-15-21-9-5-4-6-10-21)25(32)18-31-24-14-8-12-22-11-7-13-23(26(22)24)28(31)34/h4-14,19-20H,15-18H2,1-3H3,(H,29,33)/t20-/m0/s1. The molecule has 6 heteroatoms. The molecule has 6 nitrogen and oxygen atoms in total. The van der Waals surface area contributed by atoms with E-state index >= 15 is 0 Å². The minimum absolute atomic E-state index is 0.108. The zero-order valence-corrected chi connectivity index (χ0v) is 20.0. The summed E-state index contributed by atoms with van der Waals surface area (Å²) in [4.78, 5) is 42.7. The van der Waals surface area contributed by atoms with Gasteiger partial charge in [-0.25, -0.2) is 0 Å². The maximum absolute atomic E-state index is 13.6. The Morgan fingerprint density at radius 1 is 0.941 bits per heavy atom. The highest BCUT2D eigenvalue weighted by Crippen LogP contribution is 2.37.